The van der Waals surface area contributed by atoms with Crippen LogP contribution in [0.1, 0.15) is 85.0 Å². The first-order valence-corrected chi connectivity index (χ1v) is 15.4. The molecule has 2 fully saturated rings. The van der Waals surface area contributed by atoms with Crippen LogP contribution in [0.2, 0.25) is 0 Å². The van der Waals surface area contributed by atoms with Crippen LogP contribution in [0.25, 0.3) is 11.3 Å². The van der Waals surface area contributed by atoms with E-state index in [0.29, 0.717) is 29.6 Å². The van der Waals surface area contributed by atoms with Crippen molar-refractivity contribution in [2.45, 2.75) is 97.1 Å². The fraction of sp³-hybridized carbons (Fsp3) is 0.633. The summed E-state index contributed by atoms with van der Waals surface area (Å²) < 4.78 is 4.05. The zero-order valence-electron chi connectivity index (χ0n) is 23.5. The van der Waals surface area contributed by atoms with Gasteiger partial charge in [-0.2, -0.15) is 0 Å². The SMILES string of the molecule is CC(C)CCC[C@@H](C)C(=O)N[C@H](C(=O)N1CCC[C@H]1C(=O)Nc1snnc1-c1ccccc1)C1CCCCC1. The van der Waals surface area contributed by atoms with E-state index in [9.17, 15) is 14.4 Å². The zero-order chi connectivity index (χ0) is 27.8. The molecule has 4 rings (SSSR count). The van der Waals surface area contributed by atoms with Crippen LogP contribution in [0, 0.1) is 17.8 Å². The van der Waals surface area contributed by atoms with Crippen LogP contribution in [0.4, 0.5) is 5.00 Å². The summed E-state index contributed by atoms with van der Waals surface area (Å²) in [5.41, 5.74) is 1.51. The standard InChI is InChI=1S/C30H43N5O3S/c1-20(2)12-10-13-21(3)27(36)31-26(23-16-8-5-9-17-23)30(38)35-19-11-18-24(35)28(37)32-29-25(33-34-39-29)22-14-6-4-7-15-22/h4,6-7,14-15,20-21,23-24,26H,5,8-13,16-19H2,1-3H3,(H,31,36)(H,32,37)/t21-,24+,26+/m1/s1. The number of hydrogen-bond acceptors (Lipinski definition) is 6. The third-order valence-corrected chi connectivity index (χ3v) is 8.80. The van der Waals surface area contributed by atoms with E-state index in [1.54, 1.807) is 4.90 Å². The summed E-state index contributed by atoms with van der Waals surface area (Å²) in [4.78, 5) is 42.4. The molecule has 0 unspecified atom stereocenters. The number of benzene rings is 1. The van der Waals surface area contributed by atoms with E-state index in [1.165, 1.54) is 6.42 Å². The van der Waals surface area contributed by atoms with Gasteiger partial charge in [0.25, 0.3) is 0 Å². The van der Waals surface area contributed by atoms with Gasteiger partial charge in [0.2, 0.25) is 17.7 Å². The molecule has 3 atom stereocenters. The molecule has 2 aliphatic rings. The van der Waals surface area contributed by atoms with Gasteiger partial charge in [0, 0.05) is 29.6 Å². The number of nitrogens with one attached hydrogen (secondary N) is 2. The van der Waals surface area contributed by atoms with Gasteiger partial charge in [-0.3, -0.25) is 14.4 Å². The summed E-state index contributed by atoms with van der Waals surface area (Å²) in [5.74, 6) is 0.187. The number of carbonyl (C=O) groups excluding carboxylic acids is 3. The number of likely N-dealkylation sites (tertiary alicyclic amines) is 1. The summed E-state index contributed by atoms with van der Waals surface area (Å²) >= 11 is 1.14. The molecule has 3 amide bonds. The monoisotopic (exact) mass is 553 g/mol. The molecule has 1 aromatic carbocycles. The Morgan fingerprint density at radius 1 is 1.00 bits per heavy atom. The lowest BCUT2D eigenvalue weighted by molar-refractivity contribution is -0.142. The number of rotatable bonds is 11. The molecule has 1 saturated carbocycles. The van der Waals surface area contributed by atoms with E-state index in [2.05, 4.69) is 34.1 Å². The fourth-order valence-corrected chi connectivity index (χ4v) is 6.44. The van der Waals surface area contributed by atoms with Crippen molar-refractivity contribution < 1.29 is 14.4 Å². The van der Waals surface area contributed by atoms with E-state index in [-0.39, 0.29) is 29.6 Å². The van der Waals surface area contributed by atoms with Crippen molar-refractivity contribution in [3.05, 3.63) is 30.3 Å². The van der Waals surface area contributed by atoms with Crippen molar-refractivity contribution >= 4 is 34.3 Å². The van der Waals surface area contributed by atoms with Crippen LogP contribution in [0.3, 0.4) is 0 Å². The molecule has 2 N–H and O–H groups in total. The third-order valence-electron chi connectivity index (χ3n) is 8.16. The first kappa shape index (κ1) is 29.2. The predicted molar refractivity (Wildman–Crippen MR) is 155 cm³/mol. The van der Waals surface area contributed by atoms with Gasteiger partial charge in [-0.1, -0.05) is 87.7 Å². The van der Waals surface area contributed by atoms with Crippen LogP contribution in [-0.2, 0) is 14.4 Å². The summed E-state index contributed by atoms with van der Waals surface area (Å²) in [7, 11) is 0. The van der Waals surface area contributed by atoms with Crippen LogP contribution >= 0.6 is 11.5 Å². The van der Waals surface area contributed by atoms with E-state index in [1.807, 2.05) is 37.3 Å². The van der Waals surface area contributed by atoms with E-state index in [0.717, 1.165) is 68.5 Å². The van der Waals surface area contributed by atoms with Crippen LogP contribution in [-0.4, -0.2) is 50.8 Å². The molecule has 1 aliphatic heterocycles. The van der Waals surface area contributed by atoms with Crippen LogP contribution in [0.15, 0.2) is 30.3 Å². The topological polar surface area (TPSA) is 104 Å². The highest BCUT2D eigenvalue weighted by molar-refractivity contribution is 7.10. The summed E-state index contributed by atoms with van der Waals surface area (Å²) in [5, 5.41) is 11.0. The normalized spacial score (nSPS) is 19.6. The molecule has 2 aromatic rings. The lowest BCUT2D eigenvalue weighted by Gasteiger charge is -2.35. The van der Waals surface area contributed by atoms with E-state index >= 15 is 0 Å². The number of aromatic nitrogens is 2. The zero-order valence-corrected chi connectivity index (χ0v) is 24.3. The van der Waals surface area contributed by atoms with Gasteiger partial charge in [0.1, 0.15) is 22.8 Å². The van der Waals surface area contributed by atoms with Gasteiger partial charge in [-0.25, -0.2) is 0 Å². The average molecular weight is 554 g/mol. The average Bonchev–Trinajstić information content (AvgIpc) is 3.62. The molecule has 2 heterocycles. The number of carbonyl (C=O) groups is 3. The Balaban J connectivity index is 1.45. The predicted octanol–water partition coefficient (Wildman–Crippen LogP) is 5.66. The first-order valence-electron chi connectivity index (χ1n) is 14.6. The Bertz CT molecular complexity index is 1100. The molecule has 212 valence electrons. The summed E-state index contributed by atoms with van der Waals surface area (Å²) in [6, 6.07) is 8.47. The lowest BCUT2D eigenvalue weighted by atomic mass is 9.83. The molecule has 9 heteroatoms. The van der Waals surface area contributed by atoms with Crippen LogP contribution < -0.4 is 10.6 Å². The number of hydrogen-bond donors (Lipinski definition) is 2. The Hall–Kier alpha value is -2.81. The van der Waals surface area contributed by atoms with E-state index in [4.69, 9.17) is 0 Å². The van der Waals surface area contributed by atoms with Gasteiger partial charge in [0.05, 0.1) is 0 Å². The van der Waals surface area contributed by atoms with Crippen molar-refractivity contribution in [2.75, 3.05) is 11.9 Å². The highest BCUT2D eigenvalue weighted by Gasteiger charge is 2.41. The first-order chi connectivity index (χ1) is 18.8. The molecule has 1 aromatic heterocycles. The molecule has 8 nitrogen and oxygen atoms in total. The Morgan fingerprint density at radius 2 is 1.74 bits per heavy atom. The maximum absolute atomic E-state index is 14.0. The maximum Gasteiger partial charge on any atom is 0.247 e. The molecular weight excluding hydrogens is 510 g/mol. The number of anilines is 1. The Morgan fingerprint density at radius 3 is 2.46 bits per heavy atom. The Kier molecular flexibility index (Phi) is 10.5. The van der Waals surface area contributed by atoms with Crippen molar-refractivity contribution in [3.63, 3.8) is 0 Å². The minimum Gasteiger partial charge on any atom is -0.344 e. The third kappa shape index (κ3) is 7.65. The van der Waals surface area contributed by atoms with Crippen molar-refractivity contribution in [1.29, 1.82) is 0 Å². The quantitative estimate of drug-likeness (QED) is 0.374. The largest absolute Gasteiger partial charge is 0.344 e. The van der Waals surface area contributed by atoms with Crippen LogP contribution in [0.5, 0.6) is 0 Å². The minimum atomic E-state index is -0.580. The van der Waals surface area contributed by atoms with Gasteiger partial charge < -0.3 is 15.5 Å². The van der Waals surface area contributed by atoms with Gasteiger partial charge in [-0.15, -0.1) is 5.10 Å². The Labute approximate surface area is 236 Å². The minimum absolute atomic E-state index is 0.0499. The lowest BCUT2D eigenvalue weighted by Crippen LogP contribution is -2.56. The fourth-order valence-electron chi connectivity index (χ4n) is 5.84. The molecule has 0 radical (unpaired) electrons. The molecule has 1 saturated heterocycles. The van der Waals surface area contributed by atoms with Gasteiger partial charge >= 0.3 is 0 Å². The number of nitrogens with zero attached hydrogens (tertiary/aromatic N) is 3. The second-order valence-corrected chi connectivity index (χ2v) is 12.4. The van der Waals surface area contributed by atoms with Crippen molar-refractivity contribution in [2.24, 2.45) is 17.8 Å². The highest BCUT2D eigenvalue weighted by atomic mass is 32.1. The van der Waals surface area contributed by atoms with Gasteiger partial charge in [-0.05, 0) is 43.9 Å². The van der Waals surface area contributed by atoms with E-state index < -0.39 is 12.1 Å². The van der Waals surface area contributed by atoms with Gasteiger partial charge in [0.15, 0.2) is 0 Å². The van der Waals surface area contributed by atoms with Crippen molar-refractivity contribution in [3.8, 4) is 11.3 Å². The highest BCUT2D eigenvalue weighted by Crippen LogP contribution is 2.32. The maximum atomic E-state index is 14.0. The summed E-state index contributed by atoms with van der Waals surface area (Å²) in [6.07, 6.45) is 9.42. The summed E-state index contributed by atoms with van der Waals surface area (Å²) in [6.45, 7) is 6.86. The molecule has 0 spiro atoms. The molecular formula is C30H43N5O3S. The second kappa shape index (κ2) is 14.0. The molecule has 39 heavy (non-hydrogen) atoms. The molecule has 1 aliphatic carbocycles. The smallest absolute Gasteiger partial charge is 0.247 e. The van der Waals surface area contributed by atoms with Crippen molar-refractivity contribution in [1.82, 2.24) is 19.8 Å². The molecule has 0 bridgehead atoms. The second-order valence-electron chi connectivity index (χ2n) is 11.6. The number of amides is 3.